The maximum absolute atomic E-state index is 11.8. The molecule has 1 aliphatic heterocycles. The van der Waals surface area contributed by atoms with E-state index in [1.807, 2.05) is 0 Å². The van der Waals surface area contributed by atoms with Gasteiger partial charge in [0, 0.05) is 11.6 Å². The van der Waals surface area contributed by atoms with Crippen LogP contribution in [0.4, 0.5) is 0 Å². The van der Waals surface area contributed by atoms with Gasteiger partial charge < -0.3 is 5.32 Å². The van der Waals surface area contributed by atoms with Gasteiger partial charge in [-0.05, 0) is 36.3 Å². The zero-order valence-corrected chi connectivity index (χ0v) is 13.3. The molecule has 4 heteroatoms. The Morgan fingerprint density at radius 3 is 2.55 bits per heavy atom. The Hall–Kier alpha value is -0.870. The van der Waals surface area contributed by atoms with Gasteiger partial charge in [-0.15, -0.1) is 0 Å². The predicted octanol–water partition coefficient (Wildman–Crippen LogP) is 2.48. The van der Waals surface area contributed by atoms with Gasteiger partial charge in [0.1, 0.15) is 0 Å². The van der Waals surface area contributed by atoms with Crippen LogP contribution in [0.1, 0.15) is 44.4 Å². The minimum absolute atomic E-state index is 0.124. The number of hydrogen-bond acceptors (Lipinski definition) is 3. The molecule has 110 valence electrons. The topological polar surface area (TPSA) is 46.2 Å². The van der Waals surface area contributed by atoms with Crippen LogP contribution in [0.25, 0.3) is 0 Å². The van der Waals surface area contributed by atoms with Crippen molar-refractivity contribution in [2.45, 2.75) is 45.2 Å². The molecule has 0 spiro atoms. The highest BCUT2D eigenvalue weighted by Crippen LogP contribution is 2.46. The van der Waals surface area contributed by atoms with Crippen molar-refractivity contribution in [2.75, 3.05) is 11.5 Å². The first-order valence-electron chi connectivity index (χ1n) is 7.27. The monoisotopic (exact) mass is 293 g/mol. The number of hydrogen-bond donors (Lipinski definition) is 1. The molecule has 0 amide bonds. The van der Waals surface area contributed by atoms with Crippen molar-refractivity contribution in [3.63, 3.8) is 0 Å². The van der Waals surface area contributed by atoms with E-state index in [0.29, 0.717) is 12.2 Å². The van der Waals surface area contributed by atoms with Gasteiger partial charge in [-0.3, -0.25) is 0 Å². The summed E-state index contributed by atoms with van der Waals surface area (Å²) >= 11 is 0. The van der Waals surface area contributed by atoms with Crippen LogP contribution in [-0.2, 0) is 16.3 Å². The quantitative estimate of drug-likeness (QED) is 0.911. The van der Waals surface area contributed by atoms with Gasteiger partial charge in [0.25, 0.3) is 0 Å². The van der Waals surface area contributed by atoms with Crippen molar-refractivity contribution in [3.8, 4) is 0 Å². The summed E-state index contributed by atoms with van der Waals surface area (Å²) in [6.07, 6.45) is 1.76. The lowest BCUT2D eigenvalue weighted by Gasteiger charge is -2.36. The molecule has 1 N–H and O–H groups in total. The van der Waals surface area contributed by atoms with E-state index in [2.05, 4.69) is 50.4 Å². The summed E-state index contributed by atoms with van der Waals surface area (Å²) in [4.78, 5) is 0. The third-order valence-corrected chi connectivity index (χ3v) is 6.69. The van der Waals surface area contributed by atoms with Gasteiger partial charge in [0.15, 0.2) is 9.84 Å². The Balaban J connectivity index is 1.91. The number of fused-ring (bicyclic) bond motifs is 1. The summed E-state index contributed by atoms with van der Waals surface area (Å²) in [5, 5.41) is 3.68. The molecule has 1 aromatic rings. The molecule has 2 atom stereocenters. The third kappa shape index (κ3) is 2.40. The predicted molar refractivity (Wildman–Crippen MR) is 81.5 cm³/mol. The van der Waals surface area contributed by atoms with Gasteiger partial charge in [0.05, 0.1) is 11.5 Å². The summed E-state index contributed by atoms with van der Waals surface area (Å²) in [6.45, 7) is 6.57. The van der Waals surface area contributed by atoms with Gasteiger partial charge >= 0.3 is 0 Å². The normalized spacial score (nSPS) is 34.0. The van der Waals surface area contributed by atoms with E-state index < -0.39 is 9.84 Å². The fourth-order valence-electron chi connectivity index (χ4n) is 3.74. The Morgan fingerprint density at radius 1 is 1.20 bits per heavy atom. The number of rotatable bonds is 2. The molecule has 3 nitrogen and oxygen atoms in total. The summed E-state index contributed by atoms with van der Waals surface area (Å²) in [5.74, 6) is 0.569. The van der Waals surface area contributed by atoms with Crippen molar-refractivity contribution in [2.24, 2.45) is 5.41 Å². The molecule has 1 fully saturated rings. The fraction of sp³-hybridized carbons (Fsp3) is 0.625. The number of benzene rings is 1. The van der Waals surface area contributed by atoms with Crippen LogP contribution in [0.3, 0.4) is 0 Å². The molecule has 2 unspecified atom stereocenters. The highest BCUT2D eigenvalue weighted by atomic mass is 32.2. The van der Waals surface area contributed by atoms with Gasteiger partial charge in [-0.1, -0.05) is 38.1 Å². The second-order valence-corrected chi connectivity index (χ2v) is 9.53. The van der Waals surface area contributed by atoms with Crippen LogP contribution in [0.5, 0.6) is 0 Å². The van der Waals surface area contributed by atoms with Crippen molar-refractivity contribution in [1.29, 1.82) is 0 Å². The van der Waals surface area contributed by atoms with Gasteiger partial charge in [0.2, 0.25) is 0 Å². The fourth-order valence-corrected chi connectivity index (χ4v) is 5.84. The zero-order chi connectivity index (χ0) is 14.6. The summed E-state index contributed by atoms with van der Waals surface area (Å²) in [7, 11) is -2.87. The van der Waals surface area contributed by atoms with E-state index in [9.17, 15) is 8.42 Å². The van der Waals surface area contributed by atoms with Crippen LogP contribution in [0, 0.1) is 5.41 Å². The molecule has 0 bridgehead atoms. The van der Waals surface area contributed by atoms with E-state index in [-0.39, 0.29) is 22.7 Å². The molecule has 1 aromatic carbocycles. The molecule has 1 saturated heterocycles. The molecule has 3 rings (SSSR count). The van der Waals surface area contributed by atoms with Gasteiger partial charge in [-0.2, -0.15) is 0 Å². The van der Waals surface area contributed by atoms with E-state index >= 15 is 0 Å². The number of nitrogens with one attached hydrogen (secondary N) is 1. The van der Waals surface area contributed by atoms with Crippen LogP contribution in [0.15, 0.2) is 24.3 Å². The molecule has 1 aliphatic carbocycles. The summed E-state index contributed by atoms with van der Waals surface area (Å²) in [6, 6.07) is 8.75. The Labute approximate surface area is 121 Å². The minimum atomic E-state index is -2.87. The second kappa shape index (κ2) is 4.31. The van der Waals surface area contributed by atoms with E-state index in [0.717, 1.165) is 6.42 Å². The van der Waals surface area contributed by atoms with Crippen LogP contribution < -0.4 is 5.32 Å². The van der Waals surface area contributed by atoms with Gasteiger partial charge in [-0.25, -0.2) is 8.42 Å². The SMILES string of the molecule is CC1(NC2c3ccccc3CC2(C)C)CCS(=O)(=O)C1. The van der Waals surface area contributed by atoms with E-state index in [1.54, 1.807) is 0 Å². The van der Waals surface area contributed by atoms with E-state index in [4.69, 9.17) is 0 Å². The Bertz CT molecular complexity index is 636. The van der Waals surface area contributed by atoms with Crippen LogP contribution in [-0.4, -0.2) is 25.5 Å². The minimum Gasteiger partial charge on any atom is -0.303 e. The number of sulfone groups is 1. The summed E-state index contributed by atoms with van der Waals surface area (Å²) in [5.41, 5.74) is 2.56. The molecule has 0 aromatic heterocycles. The second-order valence-electron chi connectivity index (χ2n) is 7.34. The van der Waals surface area contributed by atoms with Crippen molar-refractivity contribution >= 4 is 9.84 Å². The molecular formula is C16H23NO2S. The van der Waals surface area contributed by atoms with Crippen LogP contribution >= 0.6 is 0 Å². The van der Waals surface area contributed by atoms with Crippen molar-refractivity contribution in [1.82, 2.24) is 5.32 Å². The van der Waals surface area contributed by atoms with Crippen molar-refractivity contribution in [3.05, 3.63) is 35.4 Å². The zero-order valence-electron chi connectivity index (χ0n) is 12.4. The average molecular weight is 293 g/mol. The van der Waals surface area contributed by atoms with Crippen LogP contribution in [0.2, 0.25) is 0 Å². The first-order valence-corrected chi connectivity index (χ1v) is 9.09. The average Bonchev–Trinajstić information content (AvgIpc) is 2.74. The van der Waals surface area contributed by atoms with Crippen molar-refractivity contribution < 1.29 is 8.42 Å². The lowest BCUT2D eigenvalue weighted by molar-refractivity contribution is 0.215. The molecule has 2 aliphatic rings. The van der Waals surface area contributed by atoms with E-state index in [1.165, 1.54) is 11.1 Å². The lowest BCUT2D eigenvalue weighted by Crippen LogP contribution is -2.48. The molecule has 1 heterocycles. The largest absolute Gasteiger partial charge is 0.303 e. The standard InChI is InChI=1S/C16H23NO2S/c1-15(2)10-12-6-4-5-7-13(12)14(15)17-16(3)8-9-20(18,19)11-16/h4-7,14,17H,8-11H2,1-3H3. The maximum Gasteiger partial charge on any atom is 0.152 e. The smallest absolute Gasteiger partial charge is 0.152 e. The third-order valence-electron chi connectivity index (χ3n) is 4.79. The lowest BCUT2D eigenvalue weighted by atomic mass is 9.83. The molecule has 0 radical (unpaired) electrons. The highest BCUT2D eigenvalue weighted by Gasteiger charge is 2.45. The highest BCUT2D eigenvalue weighted by molar-refractivity contribution is 7.91. The Morgan fingerprint density at radius 2 is 1.90 bits per heavy atom. The Kier molecular flexibility index (Phi) is 3.04. The first-order chi connectivity index (χ1) is 9.21. The molecule has 0 saturated carbocycles. The summed E-state index contributed by atoms with van der Waals surface area (Å²) < 4.78 is 23.6. The first kappa shape index (κ1) is 14.1. The molecular weight excluding hydrogens is 270 g/mol. The maximum atomic E-state index is 11.8. The molecule has 20 heavy (non-hydrogen) atoms.